The first kappa shape index (κ1) is 15.1. The number of hydrogen-bond acceptors (Lipinski definition) is 3. The van der Waals surface area contributed by atoms with Gasteiger partial charge in [-0.15, -0.1) is 0 Å². The normalized spacial score (nSPS) is 23.1. The van der Waals surface area contributed by atoms with E-state index in [1.54, 1.807) is 18.2 Å². The van der Waals surface area contributed by atoms with Gasteiger partial charge in [0.2, 0.25) is 5.91 Å². The summed E-state index contributed by atoms with van der Waals surface area (Å²) in [6.07, 6.45) is 1.47. The van der Waals surface area contributed by atoms with Gasteiger partial charge in [0.1, 0.15) is 6.04 Å². The van der Waals surface area contributed by atoms with Crippen molar-refractivity contribution in [2.45, 2.75) is 31.4 Å². The van der Waals surface area contributed by atoms with Crippen LogP contribution in [0.2, 0.25) is 10.0 Å². The number of aliphatic hydroxyl groups excluding tert-OH is 1. The highest BCUT2D eigenvalue weighted by atomic mass is 35.5. The summed E-state index contributed by atoms with van der Waals surface area (Å²) in [6.45, 7) is 0. The van der Waals surface area contributed by atoms with Gasteiger partial charge in [0.15, 0.2) is 0 Å². The molecule has 0 saturated heterocycles. The lowest BCUT2D eigenvalue weighted by atomic mass is 10.0. The number of carbonyl (C=O) groups excluding carboxylic acids is 1. The fraction of sp³-hybridized carbons (Fsp3) is 0.429. The second-order valence-electron chi connectivity index (χ2n) is 4.85. The first-order valence-corrected chi connectivity index (χ1v) is 7.11. The molecule has 2 N–H and O–H groups in total. The lowest BCUT2D eigenvalue weighted by molar-refractivity contribution is -0.127. The van der Waals surface area contributed by atoms with Gasteiger partial charge in [-0.2, -0.15) is 5.26 Å². The Balaban J connectivity index is 2.11. The van der Waals surface area contributed by atoms with Gasteiger partial charge in [-0.25, -0.2) is 0 Å². The largest absolute Gasteiger partial charge is 0.392 e. The minimum atomic E-state index is -0.801. The highest BCUT2D eigenvalue weighted by molar-refractivity contribution is 6.42. The maximum atomic E-state index is 12.1. The topological polar surface area (TPSA) is 73.1 Å². The monoisotopic (exact) mass is 312 g/mol. The zero-order valence-electron chi connectivity index (χ0n) is 10.6. The average Bonchev–Trinajstić information content (AvgIpc) is 2.85. The Hall–Kier alpha value is -1.28. The van der Waals surface area contributed by atoms with Crippen LogP contribution in [0, 0.1) is 17.2 Å². The van der Waals surface area contributed by atoms with Gasteiger partial charge in [0, 0.05) is 0 Å². The minimum absolute atomic E-state index is 0.298. The van der Waals surface area contributed by atoms with Crippen molar-refractivity contribution in [3.05, 3.63) is 33.8 Å². The predicted molar refractivity (Wildman–Crippen MR) is 76.3 cm³/mol. The molecule has 1 amide bonds. The maximum Gasteiger partial charge on any atom is 0.227 e. The zero-order chi connectivity index (χ0) is 14.7. The Kier molecular flexibility index (Phi) is 4.87. The summed E-state index contributed by atoms with van der Waals surface area (Å²) in [7, 11) is 0. The van der Waals surface area contributed by atoms with E-state index >= 15 is 0 Å². The molecule has 1 aliphatic carbocycles. The Morgan fingerprint density at radius 3 is 2.70 bits per heavy atom. The van der Waals surface area contributed by atoms with Crippen LogP contribution in [0.1, 0.15) is 30.9 Å². The summed E-state index contributed by atoms with van der Waals surface area (Å²) in [4.78, 5) is 12.1. The second kappa shape index (κ2) is 6.45. The molecule has 0 radical (unpaired) electrons. The van der Waals surface area contributed by atoms with E-state index in [0.717, 1.165) is 6.42 Å². The molecule has 20 heavy (non-hydrogen) atoms. The van der Waals surface area contributed by atoms with Crippen LogP contribution in [0.4, 0.5) is 0 Å². The third-order valence-electron chi connectivity index (χ3n) is 3.51. The number of benzene rings is 1. The molecule has 1 aliphatic rings. The summed E-state index contributed by atoms with van der Waals surface area (Å²) in [5.41, 5.74) is 0.572. The molecule has 0 aliphatic heterocycles. The quantitative estimate of drug-likeness (QED) is 0.901. The molecular weight excluding hydrogens is 299 g/mol. The molecule has 1 fully saturated rings. The third-order valence-corrected chi connectivity index (χ3v) is 4.25. The first-order chi connectivity index (χ1) is 9.52. The number of amides is 1. The van der Waals surface area contributed by atoms with E-state index in [4.69, 9.17) is 23.2 Å². The summed E-state index contributed by atoms with van der Waals surface area (Å²) >= 11 is 11.7. The van der Waals surface area contributed by atoms with Crippen LogP contribution >= 0.6 is 23.2 Å². The van der Waals surface area contributed by atoms with Gasteiger partial charge in [-0.1, -0.05) is 29.3 Å². The molecule has 1 saturated carbocycles. The molecule has 3 atom stereocenters. The predicted octanol–water partition coefficient (Wildman–Crippen LogP) is 2.84. The number of nitriles is 1. The number of rotatable bonds is 3. The van der Waals surface area contributed by atoms with Crippen LogP contribution in [-0.4, -0.2) is 17.1 Å². The van der Waals surface area contributed by atoms with Crippen molar-refractivity contribution in [2.24, 2.45) is 5.92 Å². The number of carbonyl (C=O) groups is 1. The molecule has 0 spiro atoms. The molecule has 106 valence electrons. The fourth-order valence-electron chi connectivity index (χ4n) is 2.38. The van der Waals surface area contributed by atoms with Crippen molar-refractivity contribution in [3.8, 4) is 6.07 Å². The van der Waals surface area contributed by atoms with E-state index < -0.39 is 18.1 Å². The highest BCUT2D eigenvalue weighted by Crippen LogP contribution is 2.28. The molecule has 6 heteroatoms. The molecular formula is C14H14Cl2N2O2. The molecule has 0 aromatic heterocycles. The number of aliphatic hydroxyl groups is 1. The Morgan fingerprint density at radius 1 is 1.40 bits per heavy atom. The molecule has 0 heterocycles. The molecule has 1 aromatic rings. The molecule has 0 bridgehead atoms. The van der Waals surface area contributed by atoms with Gasteiger partial charge in [-0.05, 0) is 37.0 Å². The van der Waals surface area contributed by atoms with E-state index in [2.05, 4.69) is 5.32 Å². The van der Waals surface area contributed by atoms with Gasteiger partial charge < -0.3 is 10.4 Å². The van der Waals surface area contributed by atoms with E-state index in [9.17, 15) is 15.2 Å². The van der Waals surface area contributed by atoms with Crippen molar-refractivity contribution in [3.63, 3.8) is 0 Å². The Bertz CT molecular complexity index is 557. The minimum Gasteiger partial charge on any atom is -0.392 e. The standard InChI is InChI=1S/C14H14Cl2N2O2/c15-10-5-4-8(6-11(10)16)12(7-17)18-14(20)9-2-1-3-13(9)19/h4-6,9,12-13,19H,1-3H2,(H,18,20). The van der Waals surface area contributed by atoms with E-state index in [0.29, 0.717) is 28.5 Å². The van der Waals surface area contributed by atoms with Crippen molar-refractivity contribution in [1.82, 2.24) is 5.32 Å². The number of nitrogens with zero attached hydrogens (tertiary/aromatic N) is 1. The van der Waals surface area contributed by atoms with Crippen molar-refractivity contribution < 1.29 is 9.90 Å². The lowest BCUT2D eigenvalue weighted by Gasteiger charge is -2.18. The average molecular weight is 313 g/mol. The van der Waals surface area contributed by atoms with Crippen LogP contribution in [0.25, 0.3) is 0 Å². The molecule has 2 rings (SSSR count). The van der Waals surface area contributed by atoms with E-state index in [-0.39, 0.29) is 5.91 Å². The number of nitrogens with one attached hydrogen (secondary N) is 1. The van der Waals surface area contributed by atoms with Crippen molar-refractivity contribution in [2.75, 3.05) is 0 Å². The molecule has 3 unspecified atom stereocenters. The fourth-order valence-corrected chi connectivity index (χ4v) is 2.68. The van der Waals surface area contributed by atoms with Crippen LogP contribution in [-0.2, 0) is 4.79 Å². The highest BCUT2D eigenvalue weighted by Gasteiger charge is 2.32. The van der Waals surface area contributed by atoms with E-state index in [1.165, 1.54) is 0 Å². The van der Waals surface area contributed by atoms with Gasteiger partial charge in [0.25, 0.3) is 0 Å². The van der Waals surface area contributed by atoms with Gasteiger partial charge in [-0.3, -0.25) is 4.79 Å². The van der Waals surface area contributed by atoms with Crippen molar-refractivity contribution >= 4 is 29.1 Å². The third kappa shape index (κ3) is 3.24. The molecule has 4 nitrogen and oxygen atoms in total. The van der Waals surface area contributed by atoms with E-state index in [1.807, 2.05) is 6.07 Å². The van der Waals surface area contributed by atoms with Crippen LogP contribution in [0.15, 0.2) is 18.2 Å². The Labute approximate surface area is 127 Å². The summed E-state index contributed by atoms with van der Waals surface area (Å²) in [6, 6.07) is 6.01. The first-order valence-electron chi connectivity index (χ1n) is 6.36. The molecule has 1 aromatic carbocycles. The van der Waals surface area contributed by atoms with Crippen molar-refractivity contribution in [1.29, 1.82) is 5.26 Å². The maximum absolute atomic E-state index is 12.1. The SMILES string of the molecule is N#CC(NC(=O)C1CCCC1O)c1ccc(Cl)c(Cl)c1. The summed E-state index contributed by atoms with van der Waals surface area (Å²) in [5.74, 6) is -0.735. The van der Waals surface area contributed by atoms with Crippen LogP contribution < -0.4 is 5.32 Å². The van der Waals surface area contributed by atoms with Crippen LogP contribution in [0.5, 0.6) is 0 Å². The van der Waals surface area contributed by atoms with Crippen LogP contribution in [0.3, 0.4) is 0 Å². The smallest absolute Gasteiger partial charge is 0.227 e. The number of halogens is 2. The van der Waals surface area contributed by atoms with Gasteiger partial charge >= 0.3 is 0 Å². The zero-order valence-corrected chi connectivity index (χ0v) is 12.2. The number of hydrogen-bond donors (Lipinski definition) is 2. The Morgan fingerprint density at radius 2 is 2.15 bits per heavy atom. The summed E-state index contributed by atoms with van der Waals surface area (Å²) < 4.78 is 0. The second-order valence-corrected chi connectivity index (χ2v) is 5.66. The lowest BCUT2D eigenvalue weighted by Crippen LogP contribution is -2.36. The van der Waals surface area contributed by atoms with Gasteiger partial charge in [0.05, 0.1) is 28.1 Å². The summed E-state index contributed by atoms with van der Waals surface area (Å²) in [5, 5.41) is 22.3.